The van der Waals surface area contributed by atoms with Crippen LogP contribution in [0, 0.1) is 0 Å². The lowest BCUT2D eigenvalue weighted by atomic mass is 10.3. The first-order chi connectivity index (χ1) is 15.2. The molecule has 3 aromatic carbocycles. The van der Waals surface area contributed by atoms with Crippen molar-refractivity contribution in [3.8, 4) is 5.75 Å². The van der Waals surface area contributed by atoms with Crippen molar-refractivity contribution in [2.24, 2.45) is 0 Å². The molecule has 9 heteroatoms. The van der Waals surface area contributed by atoms with E-state index in [0.29, 0.717) is 27.0 Å². The summed E-state index contributed by atoms with van der Waals surface area (Å²) < 4.78 is 74.3. The summed E-state index contributed by atoms with van der Waals surface area (Å²) in [5, 5.41) is 0. The summed E-state index contributed by atoms with van der Waals surface area (Å²) in [7, 11) is -8.95. The molecular weight excluding hydrogens is 461 g/mol. The molecule has 3 aromatic rings. The van der Waals surface area contributed by atoms with Crippen molar-refractivity contribution in [2.75, 3.05) is 6.61 Å². The highest BCUT2D eigenvalue weighted by molar-refractivity contribution is 8.32. The highest BCUT2D eigenvalue weighted by Gasteiger charge is 2.57. The fourth-order valence-electron chi connectivity index (χ4n) is 3.03. The minimum Gasteiger partial charge on any atom is -0.494 e. The fourth-order valence-corrected chi connectivity index (χ4v) is 8.03. The topological polar surface area (TPSA) is 56.2 Å². The number of alkyl halides is 3. The lowest BCUT2D eigenvalue weighted by Gasteiger charge is -2.34. The molecule has 0 atom stereocenters. The molecule has 0 bridgehead atoms. The Hall–Kier alpha value is -2.49. The Morgan fingerprint density at radius 1 is 0.781 bits per heavy atom. The van der Waals surface area contributed by atoms with E-state index < -0.39 is 25.9 Å². The summed E-state index contributed by atoms with van der Waals surface area (Å²) in [5.74, 6) is 0.551. The third kappa shape index (κ3) is 5.11. The van der Waals surface area contributed by atoms with Crippen molar-refractivity contribution in [2.45, 2.75) is 40.0 Å². The lowest BCUT2D eigenvalue weighted by Crippen LogP contribution is -2.30. The number of benzene rings is 3. The summed E-state index contributed by atoms with van der Waals surface area (Å²) in [6.07, 6.45) is 1.83. The predicted molar refractivity (Wildman–Crippen MR) is 120 cm³/mol. The van der Waals surface area contributed by atoms with E-state index in [1.165, 1.54) is 0 Å². The minimum absolute atomic E-state index is 0.352. The summed E-state index contributed by atoms with van der Waals surface area (Å²) in [6.45, 7) is 2.55. The van der Waals surface area contributed by atoms with E-state index in [0.717, 1.165) is 12.8 Å². The third-order valence-corrected chi connectivity index (χ3v) is 9.73. The number of halogens is 3. The van der Waals surface area contributed by atoms with Gasteiger partial charge in [-0.3, -0.25) is 3.63 Å². The second-order valence-corrected chi connectivity index (χ2v) is 11.5. The monoisotopic (exact) mass is 485 g/mol. The number of unbranched alkanes of at least 4 members (excludes halogenated alkanes) is 1. The van der Waals surface area contributed by atoms with Crippen molar-refractivity contribution >= 4 is 20.4 Å². The molecule has 3 rings (SSSR count). The number of rotatable bonds is 9. The first-order valence-corrected chi connectivity index (χ1v) is 13.0. The van der Waals surface area contributed by atoms with Crippen molar-refractivity contribution in [3.63, 3.8) is 0 Å². The molecule has 4 nitrogen and oxygen atoms in total. The molecule has 0 aliphatic rings. The molecule has 1 N–H and O–H groups in total. The standard InChI is InChI=1S/C23H23F3O4S2/c1-2-3-18-29-19-14-16-22(17-15-19)31(20-10-6-4-7-11-20,21-12-8-5-9-13-21)30-32(27,28)23(24,25)26/h4-17H,2-3,18H2,1H3/p+1. The first kappa shape index (κ1) is 24.2. The van der Waals surface area contributed by atoms with Gasteiger partial charge in [-0.05, 0) is 55.0 Å². The van der Waals surface area contributed by atoms with E-state index in [1.54, 1.807) is 84.9 Å². The van der Waals surface area contributed by atoms with Gasteiger partial charge in [-0.2, -0.15) is 13.2 Å². The average molecular weight is 486 g/mol. The molecule has 0 fully saturated rings. The Morgan fingerprint density at radius 2 is 1.25 bits per heavy atom. The zero-order valence-electron chi connectivity index (χ0n) is 17.3. The van der Waals surface area contributed by atoms with Crippen molar-refractivity contribution in [3.05, 3.63) is 84.9 Å². The summed E-state index contributed by atoms with van der Waals surface area (Å²) in [5.41, 5.74) is -5.52. The van der Waals surface area contributed by atoms with Crippen LogP contribution in [0.25, 0.3) is 0 Å². The Balaban J connectivity index is 2.22. The molecule has 0 saturated carbocycles. The average Bonchev–Trinajstić information content (AvgIpc) is 2.79. The van der Waals surface area contributed by atoms with Crippen LogP contribution in [0.4, 0.5) is 13.2 Å². The first-order valence-electron chi connectivity index (χ1n) is 9.92. The highest BCUT2D eigenvalue weighted by Crippen LogP contribution is 2.68. The molecule has 0 aromatic heterocycles. The molecule has 0 amide bonds. The van der Waals surface area contributed by atoms with Crippen LogP contribution in [-0.4, -0.2) is 24.2 Å². The maximum absolute atomic E-state index is 13.5. The molecular formula is C23H24F3O4S2+. The van der Waals surface area contributed by atoms with Crippen molar-refractivity contribution < 1.29 is 30.0 Å². The zero-order chi connectivity index (χ0) is 23.2. The number of hydrogen-bond donors (Lipinski definition) is 0. The van der Waals surface area contributed by atoms with Gasteiger partial charge in [0.2, 0.25) is 0 Å². The molecule has 0 unspecified atom stereocenters. The van der Waals surface area contributed by atoms with E-state index in [4.69, 9.17) is 4.74 Å². The highest BCUT2D eigenvalue weighted by atomic mass is 32.3. The van der Waals surface area contributed by atoms with Gasteiger partial charge in [0, 0.05) is 0 Å². The SMILES string of the molecule is CCCCOc1ccc(S([OH+]S(=O)(=O)C(F)(F)F)(c2ccccc2)c2ccccc2)cc1. The Labute approximate surface area is 187 Å². The Morgan fingerprint density at radius 3 is 1.69 bits per heavy atom. The normalized spacial score (nSPS) is 13.0. The Kier molecular flexibility index (Phi) is 7.53. The van der Waals surface area contributed by atoms with Gasteiger partial charge in [-0.25, -0.2) is 0 Å². The molecule has 0 heterocycles. The van der Waals surface area contributed by atoms with Gasteiger partial charge >= 0.3 is 15.6 Å². The van der Waals surface area contributed by atoms with E-state index in [1.807, 2.05) is 6.92 Å². The predicted octanol–water partition coefficient (Wildman–Crippen LogP) is 7.01. The largest absolute Gasteiger partial charge is 0.572 e. The van der Waals surface area contributed by atoms with Crippen LogP contribution in [0.3, 0.4) is 0 Å². The number of ether oxygens (including phenoxy) is 1. The maximum Gasteiger partial charge on any atom is 0.572 e. The van der Waals surface area contributed by atoms with E-state index in [-0.39, 0.29) is 0 Å². The summed E-state index contributed by atoms with van der Waals surface area (Å²) in [4.78, 5) is 1.10. The van der Waals surface area contributed by atoms with Gasteiger partial charge in [0.15, 0.2) is 0 Å². The van der Waals surface area contributed by atoms with Crippen LogP contribution in [-0.2, 0) is 10.1 Å². The second-order valence-electron chi connectivity index (χ2n) is 6.87. The Bertz CT molecular complexity index is 1060. The summed E-state index contributed by atoms with van der Waals surface area (Å²) >= 11 is 0. The van der Waals surface area contributed by atoms with Gasteiger partial charge in [0.1, 0.15) is 5.75 Å². The van der Waals surface area contributed by atoms with E-state index >= 15 is 0 Å². The van der Waals surface area contributed by atoms with E-state index in [9.17, 15) is 21.6 Å². The molecule has 32 heavy (non-hydrogen) atoms. The minimum atomic E-state index is -5.80. The van der Waals surface area contributed by atoms with Crippen molar-refractivity contribution in [1.29, 1.82) is 0 Å². The molecule has 0 radical (unpaired) electrons. The van der Waals surface area contributed by atoms with Crippen LogP contribution in [0.1, 0.15) is 19.8 Å². The molecule has 172 valence electrons. The van der Waals surface area contributed by atoms with Gasteiger partial charge in [0.25, 0.3) is 0 Å². The maximum atomic E-state index is 13.5. The molecule has 0 aliphatic carbocycles. The molecule has 0 saturated heterocycles. The second kappa shape index (κ2) is 9.97. The quantitative estimate of drug-likeness (QED) is 0.142. The molecule has 0 spiro atoms. The van der Waals surface area contributed by atoms with Crippen LogP contribution in [0.5, 0.6) is 5.75 Å². The third-order valence-electron chi connectivity index (χ3n) is 4.60. The van der Waals surface area contributed by atoms with Gasteiger partial charge in [-0.1, -0.05) is 49.7 Å². The van der Waals surface area contributed by atoms with Crippen LogP contribution in [0.15, 0.2) is 99.6 Å². The molecule has 0 aliphatic heterocycles. The van der Waals surface area contributed by atoms with Crippen LogP contribution < -0.4 is 4.74 Å². The van der Waals surface area contributed by atoms with Gasteiger partial charge in [0.05, 0.1) is 31.6 Å². The number of hydrogen-bond acceptors (Lipinski definition) is 3. The summed E-state index contributed by atoms with van der Waals surface area (Å²) in [6, 6.07) is 22.9. The fraction of sp³-hybridized carbons (Fsp3) is 0.217. The van der Waals surface area contributed by atoms with Crippen LogP contribution >= 0.6 is 10.3 Å². The van der Waals surface area contributed by atoms with E-state index in [2.05, 4.69) is 3.63 Å². The smallest absolute Gasteiger partial charge is 0.494 e. The van der Waals surface area contributed by atoms with Crippen molar-refractivity contribution in [1.82, 2.24) is 0 Å². The lowest BCUT2D eigenvalue weighted by molar-refractivity contribution is -0.0540. The van der Waals surface area contributed by atoms with Crippen LogP contribution in [0.2, 0.25) is 0 Å². The van der Waals surface area contributed by atoms with Gasteiger partial charge in [-0.15, -0.1) is 8.42 Å². The zero-order valence-corrected chi connectivity index (χ0v) is 19.0. The van der Waals surface area contributed by atoms with Gasteiger partial charge < -0.3 is 4.74 Å².